The fourth-order valence-electron chi connectivity index (χ4n) is 2.95. The molecular formula is C20H26O6S. The summed E-state index contributed by atoms with van der Waals surface area (Å²) in [7, 11) is -3.48. The molecule has 1 aliphatic rings. The highest BCUT2D eigenvalue weighted by Crippen LogP contribution is 2.25. The highest BCUT2D eigenvalue weighted by Gasteiger charge is 2.26. The standard InChI is InChI=1S/C20H26O6S/c1-2-25-19(21)13-8-14-20(22)26-18-12-7-6-9-16(18)15-27(23,24)17-10-4-3-5-11-17/h3-5,9-11,18H,2,6-8,12-15H2,1H3. The van der Waals surface area contributed by atoms with E-state index >= 15 is 0 Å². The average molecular weight is 394 g/mol. The minimum Gasteiger partial charge on any atom is -0.466 e. The quantitative estimate of drug-likeness (QED) is 0.472. The summed E-state index contributed by atoms with van der Waals surface area (Å²) < 4.78 is 35.5. The van der Waals surface area contributed by atoms with Crippen molar-refractivity contribution < 1.29 is 27.5 Å². The first-order valence-electron chi connectivity index (χ1n) is 9.24. The molecule has 0 aliphatic heterocycles. The minimum absolute atomic E-state index is 0.105. The van der Waals surface area contributed by atoms with E-state index in [1.807, 2.05) is 6.08 Å². The Morgan fingerprint density at radius 3 is 2.52 bits per heavy atom. The van der Waals surface area contributed by atoms with Gasteiger partial charge in [-0.05, 0) is 50.3 Å². The van der Waals surface area contributed by atoms with Crippen LogP contribution in [-0.4, -0.2) is 38.8 Å². The zero-order valence-electron chi connectivity index (χ0n) is 15.6. The monoisotopic (exact) mass is 394 g/mol. The summed E-state index contributed by atoms with van der Waals surface area (Å²) in [5.41, 5.74) is 0.629. The predicted molar refractivity (Wildman–Crippen MR) is 101 cm³/mol. The summed E-state index contributed by atoms with van der Waals surface area (Å²) in [6, 6.07) is 8.26. The summed E-state index contributed by atoms with van der Waals surface area (Å²) in [4.78, 5) is 23.6. The molecule has 6 nitrogen and oxygen atoms in total. The lowest BCUT2D eigenvalue weighted by Gasteiger charge is -2.24. The number of hydrogen-bond donors (Lipinski definition) is 0. The van der Waals surface area contributed by atoms with E-state index in [2.05, 4.69) is 0 Å². The third-order valence-electron chi connectivity index (χ3n) is 4.29. The van der Waals surface area contributed by atoms with Crippen molar-refractivity contribution in [3.05, 3.63) is 42.0 Å². The second kappa shape index (κ2) is 10.3. The van der Waals surface area contributed by atoms with Crippen LogP contribution in [0.2, 0.25) is 0 Å². The topological polar surface area (TPSA) is 86.7 Å². The fraction of sp³-hybridized carbons (Fsp3) is 0.500. The van der Waals surface area contributed by atoms with Crippen LogP contribution in [0.15, 0.2) is 46.9 Å². The number of carbonyl (C=O) groups is 2. The molecule has 0 bridgehead atoms. The van der Waals surface area contributed by atoms with E-state index in [0.717, 1.165) is 12.8 Å². The van der Waals surface area contributed by atoms with E-state index in [9.17, 15) is 18.0 Å². The van der Waals surface area contributed by atoms with E-state index in [-0.39, 0.29) is 29.5 Å². The third kappa shape index (κ3) is 6.82. The number of allylic oxidation sites excluding steroid dienone is 1. The van der Waals surface area contributed by atoms with Crippen LogP contribution in [0.5, 0.6) is 0 Å². The Morgan fingerprint density at radius 2 is 1.81 bits per heavy atom. The second-order valence-electron chi connectivity index (χ2n) is 6.42. The molecule has 1 aromatic rings. The van der Waals surface area contributed by atoms with Crippen LogP contribution in [0.3, 0.4) is 0 Å². The summed E-state index contributed by atoms with van der Waals surface area (Å²) in [5.74, 6) is -0.913. The molecule has 1 aromatic carbocycles. The minimum atomic E-state index is -3.48. The molecule has 1 atom stereocenters. The van der Waals surface area contributed by atoms with Gasteiger partial charge in [-0.2, -0.15) is 0 Å². The first-order chi connectivity index (χ1) is 12.9. The van der Waals surface area contributed by atoms with Gasteiger partial charge in [0.15, 0.2) is 9.84 Å². The molecule has 2 rings (SSSR count). The van der Waals surface area contributed by atoms with Crippen LogP contribution in [0.25, 0.3) is 0 Å². The van der Waals surface area contributed by atoms with Crippen LogP contribution >= 0.6 is 0 Å². The Bertz CT molecular complexity index is 767. The third-order valence-corrected chi connectivity index (χ3v) is 5.99. The predicted octanol–water partition coefficient (Wildman–Crippen LogP) is 3.22. The van der Waals surface area contributed by atoms with Crippen molar-refractivity contribution in [2.75, 3.05) is 12.4 Å². The number of rotatable bonds is 9. The van der Waals surface area contributed by atoms with Crippen molar-refractivity contribution in [3.63, 3.8) is 0 Å². The number of hydrogen-bond acceptors (Lipinski definition) is 6. The van der Waals surface area contributed by atoms with E-state index in [4.69, 9.17) is 9.47 Å². The van der Waals surface area contributed by atoms with Gasteiger partial charge in [-0.3, -0.25) is 9.59 Å². The number of ether oxygens (including phenoxy) is 2. The maximum Gasteiger partial charge on any atom is 0.306 e. The molecule has 0 spiro atoms. The molecular weight excluding hydrogens is 368 g/mol. The van der Waals surface area contributed by atoms with Gasteiger partial charge in [-0.1, -0.05) is 24.3 Å². The lowest BCUT2D eigenvalue weighted by Crippen LogP contribution is -2.27. The lowest BCUT2D eigenvalue weighted by atomic mass is 9.97. The Labute approximate surface area is 160 Å². The normalized spacial score (nSPS) is 17.1. The van der Waals surface area contributed by atoms with Gasteiger partial charge < -0.3 is 9.47 Å². The zero-order chi connectivity index (χ0) is 19.7. The second-order valence-corrected chi connectivity index (χ2v) is 8.41. The van der Waals surface area contributed by atoms with Crippen molar-refractivity contribution >= 4 is 21.8 Å². The molecule has 0 radical (unpaired) electrons. The van der Waals surface area contributed by atoms with Gasteiger partial charge in [0, 0.05) is 12.8 Å². The largest absolute Gasteiger partial charge is 0.466 e. The first kappa shape index (κ1) is 21.2. The summed E-state index contributed by atoms with van der Waals surface area (Å²) in [6.45, 7) is 2.04. The van der Waals surface area contributed by atoms with Crippen molar-refractivity contribution in [1.29, 1.82) is 0 Å². The Balaban J connectivity index is 1.92. The number of carbonyl (C=O) groups excluding carboxylic acids is 2. The van der Waals surface area contributed by atoms with E-state index < -0.39 is 21.9 Å². The maximum atomic E-state index is 12.6. The van der Waals surface area contributed by atoms with Gasteiger partial charge in [0.2, 0.25) is 0 Å². The molecule has 148 valence electrons. The lowest BCUT2D eigenvalue weighted by molar-refractivity contribution is -0.148. The van der Waals surface area contributed by atoms with Crippen molar-refractivity contribution in [1.82, 2.24) is 0 Å². The molecule has 0 saturated heterocycles. The molecule has 0 N–H and O–H groups in total. The van der Waals surface area contributed by atoms with Gasteiger partial charge in [0.1, 0.15) is 6.10 Å². The van der Waals surface area contributed by atoms with Gasteiger partial charge in [0.05, 0.1) is 17.3 Å². The number of sulfone groups is 1. The molecule has 0 heterocycles. The van der Waals surface area contributed by atoms with Gasteiger partial charge in [-0.15, -0.1) is 0 Å². The summed E-state index contributed by atoms with van der Waals surface area (Å²) >= 11 is 0. The summed E-state index contributed by atoms with van der Waals surface area (Å²) in [5, 5.41) is 0. The number of esters is 2. The van der Waals surface area contributed by atoms with Crippen molar-refractivity contribution in [3.8, 4) is 0 Å². The SMILES string of the molecule is CCOC(=O)CCCC(=O)OC1CCCC=C1CS(=O)(=O)c1ccccc1. The Hall–Kier alpha value is -2.15. The van der Waals surface area contributed by atoms with Crippen LogP contribution < -0.4 is 0 Å². The van der Waals surface area contributed by atoms with Gasteiger partial charge >= 0.3 is 11.9 Å². The van der Waals surface area contributed by atoms with Crippen molar-refractivity contribution in [2.45, 2.75) is 56.4 Å². The highest BCUT2D eigenvalue weighted by atomic mass is 32.2. The maximum absolute atomic E-state index is 12.6. The van der Waals surface area contributed by atoms with Crippen LogP contribution in [0, 0.1) is 0 Å². The Morgan fingerprint density at radius 1 is 1.11 bits per heavy atom. The van der Waals surface area contributed by atoms with Crippen LogP contribution in [0.4, 0.5) is 0 Å². The molecule has 27 heavy (non-hydrogen) atoms. The van der Waals surface area contributed by atoms with Crippen LogP contribution in [-0.2, 0) is 28.9 Å². The Kier molecular flexibility index (Phi) is 8.03. The summed E-state index contributed by atoms with van der Waals surface area (Å²) in [6.07, 6.45) is 4.19. The van der Waals surface area contributed by atoms with E-state index in [1.54, 1.807) is 37.3 Å². The van der Waals surface area contributed by atoms with E-state index in [1.165, 1.54) is 0 Å². The van der Waals surface area contributed by atoms with Crippen LogP contribution in [0.1, 0.15) is 45.4 Å². The first-order valence-corrected chi connectivity index (χ1v) is 10.9. The van der Waals surface area contributed by atoms with Gasteiger partial charge in [0.25, 0.3) is 0 Å². The molecule has 7 heteroatoms. The van der Waals surface area contributed by atoms with Gasteiger partial charge in [-0.25, -0.2) is 8.42 Å². The van der Waals surface area contributed by atoms with Crippen molar-refractivity contribution in [2.24, 2.45) is 0 Å². The molecule has 0 fully saturated rings. The smallest absolute Gasteiger partial charge is 0.306 e. The molecule has 1 aliphatic carbocycles. The fourth-order valence-corrected chi connectivity index (χ4v) is 4.43. The molecule has 1 unspecified atom stereocenters. The molecule has 0 saturated carbocycles. The number of benzene rings is 1. The molecule has 0 amide bonds. The molecule has 0 aromatic heterocycles. The highest BCUT2D eigenvalue weighted by molar-refractivity contribution is 7.91. The zero-order valence-corrected chi connectivity index (χ0v) is 16.4. The average Bonchev–Trinajstić information content (AvgIpc) is 2.64. The van der Waals surface area contributed by atoms with E-state index in [0.29, 0.717) is 25.0 Å².